The van der Waals surface area contributed by atoms with Gasteiger partial charge in [-0.3, -0.25) is 14.4 Å². The van der Waals surface area contributed by atoms with Crippen molar-refractivity contribution < 1.29 is 19.4 Å². The average Bonchev–Trinajstić information content (AvgIpc) is 2.79. The van der Waals surface area contributed by atoms with E-state index in [1.807, 2.05) is 24.3 Å². The Kier molecular flexibility index (Phi) is 4.70. The zero-order valence-electron chi connectivity index (χ0n) is 17.9. The number of amides is 2. The summed E-state index contributed by atoms with van der Waals surface area (Å²) in [7, 11) is 0. The summed E-state index contributed by atoms with van der Waals surface area (Å²) in [5.74, 6) is -1.67. The lowest BCUT2D eigenvalue weighted by Crippen LogP contribution is -2.64. The minimum Gasteiger partial charge on any atom is -0.503 e. The van der Waals surface area contributed by atoms with Gasteiger partial charge in [-0.25, -0.2) is 0 Å². The van der Waals surface area contributed by atoms with Crippen molar-refractivity contribution in [1.29, 1.82) is 0 Å². The molecule has 8 heteroatoms. The largest absolute Gasteiger partial charge is 0.503 e. The third kappa shape index (κ3) is 2.97. The first-order valence-corrected chi connectivity index (χ1v) is 10.8. The predicted molar refractivity (Wildman–Crippen MR) is 116 cm³/mol. The van der Waals surface area contributed by atoms with E-state index in [-0.39, 0.29) is 23.8 Å². The monoisotopic (exact) mass is 435 g/mol. The van der Waals surface area contributed by atoms with Crippen LogP contribution in [-0.4, -0.2) is 56.2 Å². The van der Waals surface area contributed by atoms with Crippen LogP contribution in [-0.2, 0) is 24.2 Å². The smallest absolute Gasteiger partial charge is 0.277 e. The first kappa shape index (κ1) is 20.5. The van der Waals surface area contributed by atoms with E-state index in [9.17, 15) is 19.5 Å². The highest BCUT2D eigenvalue weighted by Crippen LogP contribution is 2.36. The zero-order valence-corrected chi connectivity index (χ0v) is 17.9. The quantitative estimate of drug-likeness (QED) is 0.728. The van der Waals surface area contributed by atoms with E-state index in [0.29, 0.717) is 32.5 Å². The lowest BCUT2D eigenvalue weighted by Gasteiger charge is -2.51. The van der Waals surface area contributed by atoms with E-state index in [1.165, 1.54) is 21.2 Å². The first-order chi connectivity index (χ1) is 15.3. The molecule has 4 heterocycles. The molecule has 1 saturated heterocycles. The van der Waals surface area contributed by atoms with Crippen LogP contribution in [0, 0.1) is 0 Å². The molecule has 1 aromatic heterocycles. The van der Waals surface area contributed by atoms with Gasteiger partial charge in [0.2, 0.25) is 5.43 Å². The van der Waals surface area contributed by atoms with Crippen molar-refractivity contribution in [1.82, 2.24) is 14.4 Å². The van der Waals surface area contributed by atoms with E-state index in [2.05, 4.69) is 6.58 Å². The van der Waals surface area contributed by atoms with Crippen molar-refractivity contribution in [2.75, 3.05) is 13.2 Å². The van der Waals surface area contributed by atoms with Gasteiger partial charge >= 0.3 is 0 Å². The topological polar surface area (TPSA) is 92.1 Å². The van der Waals surface area contributed by atoms with Gasteiger partial charge in [0.25, 0.3) is 11.8 Å². The second-order valence-corrected chi connectivity index (χ2v) is 8.73. The summed E-state index contributed by atoms with van der Waals surface area (Å²) < 4.78 is 7.41. The summed E-state index contributed by atoms with van der Waals surface area (Å²) >= 11 is 0. The summed E-state index contributed by atoms with van der Waals surface area (Å²) in [6, 6.07) is 7.63. The molecule has 2 atom stereocenters. The number of nitrogens with zero attached hydrogens (tertiary/aromatic N) is 3. The van der Waals surface area contributed by atoms with Gasteiger partial charge in [-0.15, -0.1) is 6.58 Å². The van der Waals surface area contributed by atoms with Crippen LogP contribution in [0.4, 0.5) is 0 Å². The summed E-state index contributed by atoms with van der Waals surface area (Å²) in [5.41, 5.74) is 0.167. The number of hydrogen-bond acceptors (Lipinski definition) is 5. The molecular formula is C24H25N3O5. The van der Waals surface area contributed by atoms with Crippen molar-refractivity contribution in [2.24, 2.45) is 0 Å². The number of ether oxygens (including phenoxy) is 1. The number of carbonyl (C=O) groups excluding carboxylic acids is 2. The van der Waals surface area contributed by atoms with Crippen LogP contribution in [0.5, 0.6) is 5.75 Å². The van der Waals surface area contributed by atoms with Gasteiger partial charge in [0, 0.05) is 19.3 Å². The normalized spacial score (nSPS) is 24.4. The number of benzene rings is 1. The second-order valence-electron chi connectivity index (χ2n) is 8.73. The molecule has 0 aliphatic carbocycles. The highest BCUT2D eigenvalue weighted by atomic mass is 16.5. The molecule has 32 heavy (non-hydrogen) atoms. The van der Waals surface area contributed by atoms with Gasteiger partial charge in [-0.2, -0.15) is 0 Å². The summed E-state index contributed by atoms with van der Waals surface area (Å²) in [6.45, 7) is 7.12. The fourth-order valence-corrected chi connectivity index (χ4v) is 5.08. The van der Waals surface area contributed by atoms with Gasteiger partial charge in [-0.05, 0) is 30.9 Å². The Labute approximate surface area is 185 Å². The summed E-state index contributed by atoms with van der Waals surface area (Å²) in [6.07, 6.45) is 4.35. The molecule has 1 fully saturated rings. The molecule has 5 rings (SSSR count). The predicted octanol–water partition coefficient (Wildman–Crippen LogP) is 1.90. The van der Waals surface area contributed by atoms with Gasteiger partial charge < -0.3 is 24.2 Å². The van der Waals surface area contributed by atoms with Crippen molar-refractivity contribution in [3.8, 4) is 5.75 Å². The fraction of sp³-hybridized carbons (Fsp3) is 0.375. The van der Waals surface area contributed by atoms with Gasteiger partial charge in [0.15, 0.2) is 17.2 Å². The molecule has 166 valence electrons. The number of rotatable bonds is 2. The molecule has 1 N–H and O–H groups in total. The maximum Gasteiger partial charge on any atom is 0.277 e. The Morgan fingerprint density at radius 1 is 1.28 bits per heavy atom. The molecule has 0 radical (unpaired) electrons. The lowest BCUT2D eigenvalue weighted by molar-refractivity contribution is -0.180. The van der Waals surface area contributed by atoms with Crippen LogP contribution in [0.15, 0.2) is 47.9 Å². The molecule has 2 amide bonds. The van der Waals surface area contributed by atoms with Crippen LogP contribution in [0.2, 0.25) is 0 Å². The minimum absolute atomic E-state index is 0.120. The van der Waals surface area contributed by atoms with Crippen molar-refractivity contribution >= 4 is 11.8 Å². The van der Waals surface area contributed by atoms with Crippen LogP contribution >= 0.6 is 0 Å². The Morgan fingerprint density at radius 3 is 2.78 bits per heavy atom. The third-order valence-electron chi connectivity index (χ3n) is 6.73. The molecule has 0 unspecified atom stereocenters. The maximum absolute atomic E-state index is 13.3. The van der Waals surface area contributed by atoms with E-state index in [0.717, 1.165) is 5.56 Å². The fourth-order valence-electron chi connectivity index (χ4n) is 5.08. The SMILES string of the molecule is C=C[C@@H]1CCO[C@@]2(C)Cn3cc(C(=O)N4CCc5ccccc5C4)c(=O)c(O)c3C(=O)N12. The van der Waals surface area contributed by atoms with Gasteiger partial charge in [0.05, 0.1) is 19.2 Å². The molecule has 0 saturated carbocycles. The molecule has 3 aliphatic rings. The maximum atomic E-state index is 13.3. The van der Waals surface area contributed by atoms with Crippen LogP contribution < -0.4 is 5.43 Å². The Hall–Kier alpha value is -3.39. The molecular weight excluding hydrogens is 410 g/mol. The highest BCUT2D eigenvalue weighted by molar-refractivity contribution is 5.99. The summed E-state index contributed by atoms with van der Waals surface area (Å²) in [5, 5.41) is 10.7. The molecule has 3 aliphatic heterocycles. The van der Waals surface area contributed by atoms with Crippen LogP contribution in [0.1, 0.15) is 45.3 Å². The number of hydrogen-bond donors (Lipinski definition) is 1. The Bertz CT molecular complexity index is 1200. The number of pyridine rings is 1. The van der Waals surface area contributed by atoms with Crippen LogP contribution in [0.3, 0.4) is 0 Å². The van der Waals surface area contributed by atoms with Crippen molar-refractivity contribution in [3.63, 3.8) is 0 Å². The molecule has 0 spiro atoms. The van der Waals surface area contributed by atoms with E-state index >= 15 is 0 Å². The minimum atomic E-state index is -0.965. The van der Waals surface area contributed by atoms with Gasteiger partial charge in [0.1, 0.15) is 5.56 Å². The Morgan fingerprint density at radius 2 is 2.03 bits per heavy atom. The lowest BCUT2D eigenvalue weighted by atomic mass is 9.98. The molecule has 0 bridgehead atoms. The number of aromatic nitrogens is 1. The highest BCUT2D eigenvalue weighted by Gasteiger charge is 2.49. The number of carbonyl (C=O) groups is 2. The van der Waals surface area contributed by atoms with Crippen LogP contribution in [0.25, 0.3) is 0 Å². The Balaban J connectivity index is 1.54. The molecule has 8 nitrogen and oxygen atoms in total. The van der Waals surface area contributed by atoms with E-state index in [1.54, 1.807) is 17.9 Å². The number of fused-ring (bicyclic) bond motifs is 3. The second kappa shape index (κ2) is 7.34. The van der Waals surface area contributed by atoms with E-state index < -0.39 is 28.7 Å². The van der Waals surface area contributed by atoms with Crippen molar-refractivity contribution in [3.05, 3.63) is 75.7 Å². The summed E-state index contributed by atoms with van der Waals surface area (Å²) in [4.78, 5) is 42.7. The van der Waals surface area contributed by atoms with Gasteiger partial charge in [-0.1, -0.05) is 30.3 Å². The first-order valence-electron chi connectivity index (χ1n) is 10.8. The van der Waals surface area contributed by atoms with E-state index in [4.69, 9.17) is 4.74 Å². The average molecular weight is 435 g/mol. The van der Waals surface area contributed by atoms with Crippen molar-refractivity contribution in [2.45, 2.75) is 44.6 Å². The third-order valence-corrected chi connectivity index (χ3v) is 6.73. The number of aromatic hydroxyl groups is 1. The zero-order chi connectivity index (χ0) is 22.6. The molecule has 1 aromatic carbocycles. The standard InChI is InChI=1S/C24H25N3O5/c1-3-17-9-11-32-24(2)14-26-13-18(20(28)21(29)19(26)23(31)27(17)24)22(30)25-10-8-15-6-4-5-7-16(15)12-25/h3-7,13,17,29H,1,8-12,14H2,2H3/t17-,24+/m1/s1. The molecule has 2 aromatic rings.